The topological polar surface area (TPSA) is 140 Å². The average Bonchev–Trinajstić information content (AvgIpc) is 2.51. The van der Waals surface area contributed by atoms with Crippen molar-refractivity contribution >= 4 is 11.8 Å². The molecule has 2 amide bonds. The molecule has 0 radical (unpaired) electrons. The van der Waals surface area contributed by atoms with Gasteiger partial charge in [-0.3, -0.25) is 9.59 Å². The van der Waals surface area contributed by atoms with Crippen molar-refractivity contribution in [3.05, 3.63) is 0 Å². The third-order valence-corrected chi connectivity index (χ3v) is 3.14. The Balaban J connectivity index is 3.64. The van der Waals surface area contributed by atoms with Crippen LogP contribution in [-0.4, -0.2) is 69.1 Å². The van der Waals surface area contributed by atoms with Gasteiger partial charge in [0.25, 0.3) is 0 Å². The first-order valence-corrected chi connectivity index (χ1v) is 8.01. The first kappa shape index (κ1) is 20.8. The number of unbranched alkanes of at least 4 members (excludes halogenated alkanes) is 1. The number of hydrogen-bond donors (Lipinski definition) is 5. The summed E-state index contributed by atoms with van der Waals surface area (Å²) < 4.78 is 0. The minimum Gasteiger partial charge on any atom is -0.355 e. The molecule has 0 aromatic rings. The molecule has 0 aromatic heterocycles. The second-order valence-corrected chi connectivity index (χ2v) is 5.05. The molecular formula is C14H32N6O2. The van der Waals surface area contributed by atoms with Gasteiger partial charge in [-0.15, -0.1) is 0 Å². The van der Waals surface area contributed by atoms with E-state index < -0.39 is 0 Å². The monoisotopic (exact) mass is 316 g/mol. The van der Waals surface area contributed by atoms with E-state index in [1.54, 1.807) is 4.90 Å². The number of nitrogens with one attached hydrogen (secondary N) is 2. The minimum atomic E-state index is 0.0165. The second kappa shape index (κ2) is 14.7. The molecule has 0 saturated carbocycles. The molecular weight excluding hydrogens is 284 g/mol. The molecule has 0 heterocycles. The van der Waals surface area contributed by atoms with Crippen molar-refractivity contribution < 1.29 is 9.59 Å². The average molecular weight is 316 g/mol. The number of carbonyl (C=O) groups is 2. The van der Waals surface area contributed by atoms with Crippen LogP contribution < -0.4 is 27.8 Å². The number of hydrogen-bond acceptors (Lipinski definition) is 6. The fourth-order valence-electron chi connectivity index (χ4n) is 2.00. The maximum absolute atomic E-state index is 11.9. The fraction of sp³-hybridized carbons (Fsp3) is 0.857. The maximum Gasteiger partial charge on any atom is 0.222 e. The van der Waals surface area contributed by atoms with Crippen LogP contribution in [-0.2, 0) is 9.59 Å². The van der Waals surface area contributed by atoms with Gasteiger partial charge < -0.3 is 32.7 Å². The lowest BCUT2D eigenvalue weighted by molar-refractivity contribution is -0.131. The van der Waals surface area contributed by atoms with E-state index in [-0.39, 0.29) is 11.8 Å². The predicted octanol–water partition coefficient (Wildman–Crippen LogP) is -2.04. The standard InChI is InChI=1S/C14H32N6O2/c15-5-8-18-9-10-19-13(21)3-1-2-4-14(22)20(11-6-16)12-7-17/h18H,1-12,15-17H2,(H,19,21). The molecule has 8 nitrogen and oxygen atoms in total. The van der Waals surface area contributed by atoms with Gasteiger partial charge in [0.1, 0.15) is 0 Å². The van der Waals surface area contributed by atoms with Crippen molar-refractivity contribution in [1.29, 1.82) is 0 Å². The molecule has 0 unspecified atom stereocenters. The number of carbonyl (C=O) groups excluding carboxylic acids is 2. The third-order valence-electron chi connectivity index (χ3n) is 3.14. The molecule has 0 aliphatic carbocycles. The van der Waals surface area contributed by atoms with Crippen LogP contribution in [0, 0.1) is 0 Å². The highest BCUT2D eigenvalue weighted by Gasteiger charge is 2.11. The first-order valence-electron chi connectivity index (χ1n) is 8.01. The molecule has 0 aromatic carbocycles. The van der Waals surface area contributed by atoms with Crippen LogP contribution >= 0.6 is 0 Å². The molecule has 130 valence electrons. The van der Waals surface area contributed by atoms with Gasteiger partial charge in [-0.25, -0.2) is 0 Å². The van der Waals surface area contributed by atoms with Gasteiger partial charge in [0, 0.05) is 65.2 Å². The zero-order valence-corrected chi connectivity index (χ0v) is 13.5. The van der Waals surface area contributed by atoms with E-state index in [1.807, 2.05) is 0 Å². The summed E-state index contributed by atoms with van der Waals surface area (Å²) in [6.45, 7) is 4.60. The largest absolute Gasteiger partial charge is 0.355 e. The summed E-state index contributed by atoms with van der Waals surface area (Å²) in [4.78, 5) is 25.2. The van der Waals surface area contributed by atoms with Crippen molar-refractivity contribution in [2.24, 2.45) is 17.2 Å². The van der Waals surface area contributed by atoms with Crippen LogP contribution in [0.2, 0.25) is 0 Å². The molecule has 0 fully saturated rings. The first-order chi connectivity index (χ1) is 10.7. The van der Waals surface area contributed by atoms with Gasteiger partial charge in [0.15, 0.2) is 0 Å². The van der Waals surface area contributed by atoms with Crippen molar-refractivity contribution in [2.45, 2.75) is 25.7 Å². The van der Waals surface area contributed by atoms with Crippen LogP contribution in [0.15, 0.2) is 0 Å². The Hall–Kier alpha value is -1.22. The molecule has 0 bridgehead atoms. The Bertz CT molecular complexity index is 295. The second-order valence-electron chi connectivity index (χ2n) is 5.05. The maximum atomic E-state index is 11.9. The number of rotatable bonds is 14. The van der Waals surface area contributed by atoms with Crippen molar-refractivity contribution in [1.82, 2.24) is 15.5 Å². The van der Waals surface area contributed by atoms with E-state index in [9.17, 15) is 9.59 Å². The molecule has 0 atom stereocenters. The normalized spacial score (nSPS) is 10.5. The molecule has 0 rings (SSSR count). The third kappa shape index (κ3) is 11.4. The highest BCUT2D eigenvalue weighted by molar-refractivity contribution is 5.77. The molecule has 0 aliphatic heterocycles. The molecule has 22 heavy (non-hydrogen) atoms. The van der Waals surface area contributed by atoms with Gasteiger partial charge in [-0.2, -0.15) is 0 Å². The Morgan fingerprint density at radius 3 is 2.05 bits per heavy atom. The Kier molecular flexibility index (Phi) is 13.9. The summed E-state index contributed by atoms with van der Waals surface area (Å²) in [5.41, 5.74) is 16.3. The Morgan fingerprint density at radius 1 is 0.818 bits per heavy atom. The lowest BCUT2D eigenvalue weighted by Crippen LogP contribution is -2.38. The predicted molar refractivity (Wildman–Crippen MR) is 88.1 cm³/mol. The number of amides is 2. The van der Waals surface area contributed by atoms with Crippen LogP contribution in [0.1, 0.15) is 25.7 Å². The zero-order valence-electron chi connectivity index (χ0n) is 13.5. The molecule has 0 saturated heterocycles. The van der Waals surface area contributed by atoms with E-state index in [2.05, 4.69) is 10.6 Å². The summed E-state index contributed by atoms with van der Waals surface area (Å²) in [5, 5.41) is 5.92. The highest BCUT2D eigenvalue weighted by atomic mass is 16.2. The van der Waals surface area contributed by atoms with Gasteiger partial charge in [-0.05, 0) is 12.8 Å². The van der Waals surface area contributed by atoms with Crippen molar-refractivity contribution in [2.75, 3.05) is 52.4 Å². The van der Waals surface area contributed by atoms with Crippen LogP contribution in [0.3, 0.4) is 0 Å². The van der Waals surface area contributed by atoms with Crippen LogP contribution in [0.5, 0.6) is 0 Å². The Labute approximate surface area is 133 Å². The quantitative estimate of drug-likeness (QED) is 0.234. The van der Waals surface area contributed by atoms with E-state index in [1.165, 1.54) is 0 Å². The molecule has 8 heteroatoms. The molecule has 0 spiro atoms. The number of nitrogens with two attached hydrogens (primary N) is 3. The van der Waals surface area contributed by atoms with E-state index in [0.717, 1.165) is 6.54 Å². The summed E-state index contributed by atoms with van der Waals surface area (Å²) in [5.74, 6) is 0.0741. The lowest BCUT2D eigenvalue weighted by Gasteiger charge is -2.21. The van der Waals surface area contributed by atoms with E-state index in [4.69, 9.17) is 17.2 Å². The van der Waals surface area contributed by atoms with Crippen molar-refractivity contribution in [3.63, 3.8) is 0 Å². The van der Waals surface area contributed by atoms with Gasteiger partial charge in [0.05, 0.1) is 0 Å². The lowest BCUT2D eigenvalue weighted by atomic mass is 10.1. The summed E-state index contributed by atoms with van der Waals surface area (Å²) in [6, 6.07) is 0. The fourth-order valence-corrected chi connectivity index (χ4v) is 2.00. The summed E-state index contributed by atoms with van der Waals surface area (Å²) in [6.07, 6.45) is 2.28. The summed E-state index contributed by atoms with van der Waals surface area (Å²) in [7, 11) is 0. The highest BCUT2D eigenvalue weighted by Crippen LogP contribution is 2.03. The van der Waals surface area contributed by atoms with Gasteiger partial charge >= 0.3 is 0 Å². The van der Waals surface area contributed by atoms with Gasteiger partial charge in [0.2, 0.25) is 11.8 Å². The summed E-state index contributed by atoms with van der Waals surface area (Å²) >= 11 is 0. The van der Waals surface area contributed by atoms with Gasteiger partial charge in [-0.1, -0.05) is 0 Å². The van der Waals surface area contributed by atoms with E-state index in [0.29, 0.717) is 71.5 Å². The minimum absolute atomic E-state index is 0.0165. The van der Waals surface area contributed by atoms with E-state index >= 15 is 0 Å². The molecule has 8 N–H and O–H groups in total. The zero-order chi connectivity index (χ0) is 16.6. The van der Waals surface area contributed by atoms with Crippen LogP contribution in [0.4, 0.5) is 0 Å². The van der Waals surface area contributed by atoms with Crippen molar-refractivity contribution in [3.8, 4) is 0 Å². The smallest absolute Gasteiger partial charge is 0.222 e. The SMILES string of the molecule is NCCNCCNC(=O)CCCCC(=O)N(CCN)CCN. The molecule has 0 aliphatic rings. The van der Waals surface area contributed by atoms with Crippen LogP contribution in [0.25, 0.3) is 0 Å². The number of nitrogens with zero attached hydrogens (tertiary/aromatic N) is 1. The Morgan fingerprint density at radius 2 is 1.45 bits per heavy atom.